The summed E-state index contributed by atoms with van der Waals surface area (Å²) in [4.78, 5) is 0. The molecule has 0 unspecified atom stereocenters. The minimum absolute atomic E-state index is 0.139. The van der Waals surface area contributed by atoms with Crippen molar-refractivity contribution in [1.82, 2.24) is 0 Å². The molecule has 0 fully saturated rings. The van der Waals surface area contributed by atoms with E-state index in [2.05, 4.69) is 144 Å². The van der Waals surface area contributed by atoms with Crippen LogP contribution in [0.25, 0.3) is 0 Å². The van der Waals surface area contributed by atoms with Crippen molar-refractivity contribution < 1.29 is 32.9 Å². The molecular formula is C22H76O8Si12. The zero-order chi connectivity index (χ0) is 34.4. The Morgan fingerprint density at radius 2 is 0.452 bits per heavy atom. The van der Waals surface area contributed by atoms with E-state index in [4.69, 9.17) is 32.9 Å². The molecule has 0 aromatic rings. The van der Waals surface area contributed by atoms with Crippen LogP contribution in [0.4, 0.5) is 0 Å². The molecule has 0 spiro atoms. The molecule has 8 nitrogen and oxygen atoms in total. The van der Waals surface area contributed by atoms with E-state index >= 15 is 0 Å². The second-order valence-corrected chi connectivity index (χ2v) is 46.2. The lowest BCUT2D eigenvalue weighted by Crippen LogP contribution is -2.57. The van der Waals surface area contributed by atoms with E-state index in [0.29, 0.717) is 0 Å². The minimum atomic E-state index is -2.80. The van der Waals surface area contributed by atoms with E-state index in [9.17, 15) is 0 Å². The molecule has 0 aliphatic heterocycles. The van der Waals surface area contributed by atoms with E-state index in [1.54, 1.807) is 0 Å². The molecule has 0 aliphatic carbocycles. The molecule has 0 radical (unpaired) electrons. The van der Waals surface area contributed by atoms with Crippen molar-refractivity contribution in [2.24, 2.45) is 0 Å². The summed E-state index contributed by atoms with van der Waals surface area (Å²) in [6.07, 6.45) is 0. The summed E-state index contributed by atoms with van der Waals surface area (Å²) >= 11 is 0. The van der Waals surface area contributed by atoms with E-state index < -0.39 is 99.2 Å². The lowest BCUT2D eigenvalue weighted by atomic mass is 11.8. The molecule has 260 valence electrons. The van der Waals surface area contributed by atoms with Crippen molar-refractivity contribution in [1.29, 1.82) is 0 Å². The monoisotopic (exact) mass is 804 g/mol. The van der Waals surface area contributed by atoms with Crippen LogP contribution >= 0.6 is 0 Å². The smallest absolute Gasteiger partial charge is 0.461 e. The maximum atomic E-state index is 6.09. The summed E-state index contributed by atoms with van der Waals surface area (Å²) in [6, 6.07) is 0. The predicted octanol–water partition coefficient (Wildman–Crippen LogP) is 5.05. The van der Waals surface area contributed by atoms with Gasteiger partial charge < -0.3 is 32.9 Å². The molecule has 0 amide bonds. The third-order valence-corrected chi connectivity index (χ3v) is 30.7. The normalized spacial score (nSPS) is 12.6. The first kappa shape index (κ1) is 51.1. The Kier molecular flexibility index (Phi) is 34.5. The van der Waals surface area contributed by atoms with Gasteiger partial charge >= 0.3 is 17.9 Å². The Morgan fingerprint density at radius 1 is 0.286 bits per heavy atom. The Balaban J connectivity index is -0.000000257. The van der Waals surface area contributed by atoms with E-state index in [1.807, 2.05) is 0 Å². The van der Waals surface area contributed by atoms with Crippen LogP contribution in [0, 0.1) is 0 Å². The number of hydrogen-bond acceptors (Lipinski definition) is 8. The lowest BCUT2D eigenvalue weighted by Gasteiger charge is -2.35. The Morgan fingerprint density at radius 3 is 0.548 bits per heavy atom. The molecule has 0 atom stereocenters. The minimum Gasteiger partial charge on any atom is -0.461 e. The topological polar surface area (TPSA) is 73.8 Å². The first-order valence-corrected chi connectivity index (χ1v) is 48.5. The summed E-state index contributed by atoms with van der Waals surface area (Å²) in [5, 5.41) is 0. The van der Waals surface area contributed by atoms with Gasteiger partial charge in [0.1, 0.15) is 0 Å². The van der Waals surface area contributed by atoms with Gasteiger partial charge in [-0.15, -0.1) is 0 Å². The van der Waals surface area contributed by atoms with Gasteiger partial charge in [-0.25, -0.2) is 0 Å². The van der Waals surface area contributed by atoms with Crippen molar-refractivity contribution in [3.8, 4) is 0 Å². The molecule has 0 heterocycles. The highest BCUT2D eigenvalue weighted by atomic mass is 28.5. The molecule has 0 N–H and O–H groups in total. The molecule has 0 rings (SSSR count). The summed E-state index contributed by atoms with van der Waals surface area (Å²) in [5.41, 5.74) is 0. The van der Waals surface area contributed by atoms with Crippen LogP contribution in [-0.4, -0.2) is 108 Å². The molecule has 20 heteroatoms. The van der Waals surface area contributed by atoms with Gasteiger partial charge in [-0.2, -0.15) is 0 Å². The van der Waals surface area contributed by atoms with Gasteiger partial charge in [0.2, 0.25) is 0 Å². The third-order valence-electron chi connectivity index (χ3n) is 3.41. The Hall–Kier alpha value is 2.28. The van der Waals surface area contributed by atoms with Crippen LogP contribution in [0.5, 0.6) is 0 Å². The van der Waals surface area contributed by atoms with Gasteiger partial charge in [0.15, 0.2) is 81.4 Å². The Bertz CT molecular complexity index is 521. The van der Waals surface area contributed by atoms with Crippen LogP contribution in [0.15, 0.2) is 0 Å². The fraction of sp³-hybridized carbons (Fsp3) is 1.00. The number of hydrogen-bond donors (Lipinski definition) is 0. The molecule has 0 saturated heterocycles. The van der Waals surface area contributed by atoms with Crippen LogP contribution in [0.1, 0.15) is 0 Å². The summed E-state index contributed by atoms with van der Waals surface area (Å²) in [6.45, 7) is 48.0. The summed E-state index contributed by atoms with van der Waals surface area (Å²) in [7, 11) is -14.6. The predicted molar refractivity (Wildman–Crippen MR) is 221 cm³/mol. The second kappa shape index (κ2) is 28.3. The maximum Gasteiger partial charge on any atom is 0.636 e. The SMILES string of the molecule is C[SiH](C)C.C[SiH](C)O[SiH](C)C.C[SiH](C)O[Si](C)(O[SiH](C)C)O[SiH](C)C.C[SiH](C)O[Si](O[SiH](C)C)(O[SiH](C)C)O[SiH](C)C. The molecule has 0 bridgehead atoms. The first-order chi connectivity index (χ1) is 18.8. The quantitative estimate of drug-likeness (QED) is 0.201. The van der Waals surface area contributed by atoms with Crippen molar-refractivity contribution in [2.45, 2.75) is 144 Å². The van der Waals surface area contributed by atoms with Gasteiger partial charge in [0.25, 0.3) is 0 Å². The van der Waals surface area contributed by atoms with Crippen LogP contribution in [-0.2, 0) is 32.9 Å². The fourth-order valence-electron chi connectivity index (χ4n) is 3.23. The zero-order valence-corrected chi connectivity index (χ0v) is 45.6. The van der Waals surface area contributed by atoms with Crippen molar-refractivity contribution in [3.63, 3.8) is 0 Å². The standard InChI is InChI=1S/C8H28O4Si5.C7H24O3Si4.C4H14OSi2.C3H10Si/c1-13(2)9-17(10-14(3)4,11-15(5)6)12-16(7)8;1-11(2)8-14(7,9-12(3)4)10-13(5)6;1-6(2)5-7(3)4;1-4(2)3/h13-16H,1-8H3;11-13H,1-7H3;6-7H,1-4H3;4H,1-3H3. The van der Waals surface area contributed by atoms with Gasteiger partial charge in [0.05, 0.1) is 0 Å². The molecule has 0 saturated carbocycles. The zero-order valence-electron chi connectivity index (χ0n) is 32.0. The van der Waals surface area contributed by atoms with Gasteiger partial charge in [-0.3, -0.25) is 0 Å². The maximum absolute atomic E-state index is 6.09. The Labute approximate surface area is 283 Å². The molecular weight excluding hydrogens is 729 g/mol. The summed E-state index contributed by atoms with van der Waals surface area (Å²) in [5.74, 6) is 0. The van der Waals surface area contributed by atoms with Crippen molar-refractivity contribution >= 4 is 108 Å². The molecule has 42 heavy (non-hydrogen) atoms. The highest BCUT2D eigenvalue weighted by Gasteiger charge is 2.47. The second-order valence-electron chi connectivity index (χ2n) is 13.5. The van der Waals surface area contributed by atoms with Crippen LogP contribution in [0.3, 0.4) is 0 Å². The fourth-order valence-corrected chi connectivity index (χ4v) is 33.6. The molecule has 0 aliphatic rings. The van der Waals surface area contributed by atoms with Crippen molar-refractivity contribution in [2.75, 3.05) is 0 Å². The first-order valence-electron chi connectivity index (χ1n) is 16.2. The molecule has 0 aromatic carbocycles. The van der Waals surface area contributed by atoms with Gasteiger partial charge in [0, 0.05) is 15.3 Å². The average molecular weight is 806 g/mol. The highest BCUT2D eigenvalue weighted by molar-refractivity contribution is 6.80. The van der Waals surface area contributed by atoms with Crippen molar-refractivity contribution in [3.05, 3.63) is 0 Å². The van der Waals surface area contributed by atoms with E-state index in [1.165, 1.54) is 0 Å². The van der Waals surface area contributed by atoms with E-state index in [-0.39, 0.29) is 8.80 Å². The molecule has 0 aromatic heterocycles. The number of rotatable bonds is 16. The average Bonchev–Trinajstić information content (AvgIpc) is 2.61. The van der Waals surface area contributed by atoms with Crippen LogP contribution in [0.2, 0.25) is 144 Å². The van der Waals surface area contributed by atoms with E-state index in [0.717, 1.165) is 0 Å². The largest absolute Gasteiger partial charge is 0.636 e. The van der Waals surface area contributed by atoms with Crippen LogP contribution < -0.4 is 0 Å². The summed E-state index contributed by atoms with van der Waals surface area (Å²) < 4.78 is 47.8. The lowest BCUT2D eigenvalue weighted by molar-refractivity contribution is 0.164. The third kappa shape index (κ3) is 42.3. The van der Waals surface area contributed by atoms with Gasteiger partial charge in [-0.1, -0.05) is 19.6 Å². The highest BCUT2D eigenvalue weighted by Crippen LogP contribution is 2.18. The van der Waals surface area contributed by atoms with Gasteiger partial charge in [-0.05, 0) is 118 Å².